The molecule has 0 radical (unpaired) electrons. The van der Waals surface area contributed by atoms with Gasteiger partial charge in [-0.1, -0.05) is 29.7 Å². The molecule has 0 bridgehead atoms. The molecule has 0 spiro atoms. The molecule has 0 atom stereocenters. The molecule has 0 aliphatic rings. The normalized spacial score (nSPS) is 13.3. The quantitative estimate of drug-likeness (QED) is 0.336. The predicted molar refractivity (Wildman–Crippen MR) is 139 cm³/mol. The number of aromatic nitrogens is 2. The van der Waals surface area contributed by atoms with Crippen LogP contribution in [0, 0.1) is 40.0 Å². The zero-order chi connectivity index (χ0) is 23.8. The summed E-state index contributed by atoms with van der Waals surface area (Å²) >= 11 is 0. The van der Waals surface area contributed by atoms with E-state index in [9.17, 15) is 0 Å². The van der Waals surface area contributed by atoms with Gasteiger partial charge < -0.3 is 0 Å². The minimum Gasteiger partial charge on any atom is -0.256 e. The maximum Gasteiger partial charge on any atom is 0.0730 e. The second-order valence-corrected chi connectivity index (χ2v) is 8.44. The van der Waals surface area contributed by atoms with Gasteiger partial charge in [-0.3, -0.25) is 9.97 Å². The molecule has 2 rings (SSSR count). The second-order valence-electron chi connectivity index (χ2n) is 8.44. The van der Waals surface area contributed by atoms with Crippen molar-refractivity contribution in [1.29, 1.82) is 0 Å². The largest absolute Gasteiger partial charge is 0.256 e. The van der Waals surface area contributed by atoms with Gasteiger partial charge >= 0.3 is 0 Å². The van der Waals surface area contributed by atoms with Crippen LogP contribution < -0.4 is 0 Å². The standard InChI is InChI=1S/C30H36N2/c1-10-20(4)17-26(11-2)29-19-23(7)28(25(9)32-29)14-13-21(5)18-27(12-3)30-24(8)22(6)15-16-31-30/h1,11-12,15-19H,13-14H2,2-9H3. The molecule has 0 aromatic carbocycles. The lowest BCUT2D eigenvalue weighted by molar-refractivity contribution is 0.902. The lowest BCUT2D eigenvalue weighted by Crippen LogP contribution is -2.01. The highest BCUT2D eigenvalue weighted by molar-refractivity contribution is 5.75. The number of rotatable bonds is 7. The van der Waals surface area contributed by atoms with E-state index in [4.69, 9.17) is 11.4 Å². The molecule has 2 heteroatoms. The van der Waals surface area contributed by atoms with Gasteiger partial charge in [0.2, 0.25) is 0 Å². The monoisotopic (exact) mass is 424 g/mol. The van der Waals surface area contributed by atoms with E-state index in [2.05, 4.69) is 82.8 Å². The summed E-state index contributed by atoms with van der Waals surface area (Å²) in [5, 5.41) is 0. The lowest BCUT2D eigenvalue weighted by atomic mass is 9.96. The van der Waals surface area contributed by atoms with Crippen molar-refractivity contribution < 1.29 is 0 Å². The van der Waals surface area contributed by atoms with Crippen LogP contribution in [0.1, 0.15) is 73.5 Å². The van der Waals surface area contributed by atoms with E-state index >= 15 is 0 Å². The SMILES string of the molecule is C#CC(C)=CC(=CC)c1cc(C)c(CCC(C)=CC(=CC)c2nccc(C)c2C)c(C)n1. The molecule has 0 aliphatic carbocycles. The zero-order valence-electron chi connectivity index (χ0n) is 20.9. The summed E-state index contributed by atoms with van der Waals surface area (Å²) in [5.74, 6) is 2.69. The third kappa shape index (κ3) is 6.17. The van der Waals surface area contributed by atoms with Crippen molar-refractivity contribution in [3.8, 4) is 12.3 Å². The Kier molecular flexibility index (Phi) is 8.97. The number of hydrogen-bond donors (Lipinski definition) is 0. The Morgan fingerprint density at radius 3 is 2.28 bits per heavy atom. The van der Waals surface area contributed by atoms with Crippen molar-refractivity contribution in [1.82, 2.24) is 9.97 Å². The number of terminal acetylenes is 1. The molecule has 2 aromatic rings. The predicted octanol–water partition coefficient (Wildman–Crippen LogP) is 7.68. The average Bonchev–Trinajstić information content (AvgIpc) is 2.76. The molecule has 0 saturated heterocycles. The van der Waals surface area contributed by atoms with Crippen LogP contribution in [0.3, 0.4) is 0 Å². The van der Waals surface area contributed by atoms with Crippen molar-refractivity contribution in [3.05, 3.63) is 93.1 Å². The summed E-state index contributed by atoms with van der Waals surface area (Å²) in [4.78, 5) is 9.52. The fourth-order valence-electron chi connectivity index (χ4n) is 3.84. The van der Waals surface area contributed by atoms with Gasteiger partial charge in [0.25, 0.3) is 0 Å². The highest BCUT2D eigenvalue weighted by atomic mass is 14.7. The van der Waals surface area contributed by atoms with E-state index < -0.39 is 0 Å². The number of nitrogens with zero attached hydrogens (tertiary/aromatic N) is 2. The van der Waals surface area contributed by atoms with Crippen LogP contribution in [0.2, 0.25) is 0 Å². The second kappa shape index (κ2) is 11.4. The molecule has 0 N–H and O–H groups in total. The highest BCUT2D eigenvalue weighted by Gasteiger charge is 2.10. The van der Waals surface area contributed by atoms with E-state index in [1.165, 1.54) is 33.4 Å². The molecule has 0 aliphatic heterocycles. The molecule has 166 valence electrons. The van der Waals surface area contributed by atoms with Crippen LogP contribution in [0.15, 0.2) is 53.8 Å². The van der Waals surface area contributed by atoms with Gasteiger partial charge in [-0.15, -0.1) is 6.42 Å². The summed E-state index contributed by atoms with van der Waals surface area (Å²) in [5.41, 5.74) is 12.7. The van der Waals surface area contributed by atoms with Crippen LogP contribution in [0.5, 0.6) is 0 Å². The molecule has 2 nitrogen and oxygen atoms in total. The number of allylic oxidation sites excluding steroid dienone is 8. The van der Waals surface area contributed by atoms with Crippen LogP contribution >= 0.6 is 0 Å². The Hall–Kier alpha value is -3.18. The number of hydrogen-bond acceptors (Lipinski definition) is 2. The van der Waals surface area contributed by atoms with E-state index in [0.717, 1.165) is 41.1 Å². The molecule has 2 heterocycles. The van der Waals surface area contributed by atoms with Crippen LogP contribution in [0.4, 0.5) is 0 Å². The maximum atomic E-state index is 5.52. The van der Waals surface area contributed by atoms with E-state index in [1.54, 1.807) is 0 Å². The van der Waals surface area contributed by atoms with Gasteiger partial charge in [0.05, 0.1) is 11.4 Å². The summed E-state index contributed by atoms with van der Waals surface area (Å²) < 4.78 is 0. The van der Waals surface area contributed by atoms with Gasteiger partial charge in [0.15, 0.2) is 0 Å². The molecule has 32 heavy (non-hydrogen) atoms. The maximum absolute atomic E-state index is 5.52. The van der Waals surface area contributed by atoms with Gasteiger partial charge in [-0.05, 0) is 125 Å². The lowest BCUT2D eigenvalue weighted by Gasteiger charge is -2.14. The van der Waals surface area contributed by atoms with Gasteiger partial charge in [-0.2, -0.15) is 0 Å². The smallest absolute Gasteiger partial charge is 0.0730 e. The average molecular weight is 425 g/mol. The Morgan fingerprint density at radius 2 is 1.69 bits per heavy atom. The van der Waals surface area contributed by atoms with E-state index in [0.29, 0.717) is 0 Å². The Morgan fingerprint density at radius 1 is 1.00 bits per heavy atom. The summed E-state index contributed by atoms with van der Waals surface area (Å²) in [6.45, 7) is 16.8. The Bertz CT molecular complexity index is 1120. The summed E-state index contributed by atoms with van der Waals surface area (Å²) in [6.07, 6.45) is 17.9. The number of aryl methyl sites for hydroxylation is 3. The van der Waals surface area contributed by atoms with Crippen molar-refractivity contribution in [2.24, 2.45) is 0 Å². The van der Waals surface area contributed by atoms with Crippen molar-refractivity contribution in [2.45, 2.75) is 68.2 Å². The summed E-state index contributed by atoms with van der Waals surface area (Å²) in [6, 6.07) is 4.24. The number of pyridine rings is 2. The van der Waals surface area contributed by atoms with Crippen molar-refractivity contribution >= 4 is 11.1 Å². The first-order valence-electron chi connectivity index (χ1n) is 11.3. The molecular formula is C30H36N2. The molecule has 0 amide bonds. The third-order valence-corrected chi connectivity index (χ3v) is 5.99. The van der Waals surface area contributed by atoms with Gasteiger partial charge in [0, 0.05) is 11.9 Å². The molecule has 2 aromatic heterocycles. The first-order valence-corrected chi connectivity index (χ1v) is 11.3. The fourth-order valence-corrected chi connectivity index (χ4v) is 3.84. The van der Waals surface area contributed by atoms with Crippen LogP contribution in [-0.4, -0.2) is 9.97 Å². The van der Waals surface area contributed by atoms with Crippen LogP contribution in [-0.2, 0) is 6.42 Å². The van der Waals surface area contributed by atoms with Crippen molar-refractivity contribution in [2.75, 3.05) is 0 Å². The summed E-state index contributed by atoms with van der Waals surface area (Å²) in [7, 11) is 0. The Balaban J connectivity index is 2.25. The molecule has 0 unspecified atom stereocenters. The molecule has 0 saturated carbocycles. The Labute approximate surface area is 194 Å². The fraction of sp³-hybridized carbons (Fsp3) is 0.333. The van der Waals surface area contributed by atoms with Gasteiger partial charge in [-0.25, -0.2) is 0 Å². The minimum absolute atomic E-state index is 0.901. The van der Waals surface area contributed by atoms with Crippen LogP contribution in [0.25, 0.3) is 11.1 Å². The molecule has 0 fully saturated rings. The van der Waals surface area contributed by atoms with Gasteiger partial charge in [0.1, 0.15) is 0 Å². The highest BCUT2D eigenvalue weighted by Crippen LogP contribution is 2.25. The topological polar surface area (TPSA) is 25.8 Å². The first kappa shape index (κ1) is 25.1. The van der Waals surface area contributed by atoms with Crippen molar-refractivity contribution in [3.63, 3.8) is 0 Å². The van der Waals surface area contributed by atoms with E-state index in [-0.39, 0.29) is 0 Å². The third-order valence-electron chi connectivity index (χ3n) is 5.99. The first-order chi connectivity index (χ1) is 15.2. The minimum atomic E-state index is 0.901. The molecular weight excluding hydrogens is 388 g/mol. The zero-order valence-corrected chi connectivity index (χ0v) is 20.9. The van der Waals surface area contributed by atoms with E-state index in [1.807, 2.05) is 26.1 Å².